The van der Waals surface area contributed by atoms with Crippen LogP contribution in [0.25, 0.3) is 11.5 Å². The van der Waals surface area contributed by atoms with Crippen LogP contribution >= 0.6 is 11.6 Å². The number of halogens is 1. The number of hydrogen-bond donors (Lipinski definition) is 0. The zero-order valence-corrected chi connectivity index (χ0v) is 17.6. The largest absolute Gasteiger partial charge is 0.472 e. The molecule has 2 unspecified atom stereocenters. The number of carbonyl (C=O) groups is 1. The van der Waals surface area contributed by atoms with Gasteiger partial charge < -0.3 is 9.64 Å². The number of aromatic nitrogens is 4. The summed E-state index contributed by atoms with van der Waals surface area (Å²) < 4.78 is 6.07. The van der Waals surface area contributed by atoms with E-state index in [2.05, 4.69) is 19.9 Å². The Morgan fingerprint density at radius 2 is 1.97 bits per heavy atom. The van der Waals surface area contributed by atoms with Crippen molar-refractivity contribution >= 4 is 17.5 Å². The lowest BCUT2D eigenvalue weighted by molar-refractivity contribution is 0.0266. The summed E-state index contributed by atoms with van der Waals surface area (Å²) in [4.78, 5) is 32.6. The van der Waals surface area contributed by atoms with Crippen LogP contribution in [-0.4, -0.2) is 49.4 Å². The van der Waals surface area contributed by atoms with Crippen LogP contribution in [0.15, 0.2) is 49.1 Å². The van der Waals surface area contributed by atoms with Crippen LogP contribution in [0.4, 0.5) is 0 Å². The van der Waals surface area contributed by atoms with Crippen molar-refractivity contribution in [2.24, 2.45) is 0 Å². The fourth-order valence-electron chi connectivity index (χ4n) is 3.63. The molecule has 1 fully saturated rings. The number of piperidine rings is 1. The molecule has 0 radical (unpaired) electrons. The van der Waals surface area contributed by atoms with Crippen LogP contribution in [0, 0.1) is 6.92 Å². The lowest BCUT2D eigenvalue weighted by Crippen LogP contribution is -2.51. The second-order valence-electron chi connectivity index (χ2n) is 7.33. The first kappa shape index (κ1) is 20.2. The van der Waals surface area contributed by atoms with Gasteiger partial charge in [0.1, 0.15) is 11.8 Å². The highest BCUT2D eigenvalue weighted by atomic mass is 35.5. The summed E-state index contributed by atoms with van der Waals surface area (Å²) >= 11 is 5.91. The van der Waals surface area contributed by atoms with Crippen molar-refractivity contribution in [1.82, 2.24) is 24.8 Å². The fourth-order valence-corrected chi connectivity index (χ4v) is 3.74. The van der Waals surface area contributed by atoms with Crippen molar-refractivity contribution in [1.29, 1.82) is 0 Å². The Morgan fingerprint density at radius 1 is 1.17 bits per heavy atom. The van der Waals surface area contributed by atoms with Gasteiger partial charge in [0.15, 0.2) is 5.82 Å². The quantitative estimate of drug-likeness (QED) is 0.631. The van der Waals surface area contributed by atoms with E-state index in [1.165, 1.54) is 0 Å². The monoisotopic (exact) mass is 423 g/mol. The molecule has 4 heterocycles. The molecule has 8 heteroatoms. The summed E-state index contributed by atoms with van der Waals surface area (Å²) in [5.74, 6) is 0.836. The Balaban J connectivity index is 1.60. The van der Waals surface area contributed by atoms with Crippen molar-refractivity contribution in [3.05, 3.63) is 65.2 Å². The molecule has 0 spiro atoms. The predicted molar refractivity (Wildman–Crippen MR) is 113 cm³/mol. The van der Waals surface area contributed by atoms with E-state index >= 15 is 0 Å². The minimum absolute atomic E-state index is 0.0986. The molecule has 1 aliphatic heterocycles. The zero-order chi connectivity index (χ0) is 21.1. The number of hydrogen-bond acceptors (Lipinski definition) is 6. The summed E-state index contributed by atoms with van der Waals surface area (Å²) in [5, 5.41) is 0.554. The molecule has 0 bridgehead atoms. The van der Waals surface area contributed by atoms with E-state index in [1.54, 1.807) is 43.0 Å². The van der Waals surface area contributed by atoms with Crippen molar-refractivity contribution < 1.29 is 9.53 Å². The van der Waals surface area contributed by atoms with Gasteiger partial charge in [-0.2, -0.15) is 0 Å². The van der Waals surface area contributed by atoms with E-state index in [-0.39, 0.29) is 18.1 Å². The minimum Gasteiger partial charge on any atom is -0.472 e. The van der Waals surface area contributed by atoms with Crippen molar-refractivity contribution in [3.63, 3.8) is 0 Å². The second-order valence-corrected chi connectivity index (χ2v) is 7.77. The van der Waals surface area contributed by atoms with Gasteiger partial charge in [-0.1, -0.05) is 11.6 Å². The number of likely N-dealkylation sites (tertiary alicyclic amines) is 1. The maximum Gasteiger partial charge on any atom is 0.256 e. The lowest BCUT2D eigenvalue weighted by Gasteiger charge is -2.39. The van der Waals surface area contributed by atoms with E-state index in [0.717, 1.165) is 18.4 Å². The van der Waals surface area contributed by atoms with E-state index < -0.39 is 0 Å². The predicted octanol–water partition coefficient (Wildman–Crippen LogP) is 3.97. The van der Waals surface area contributed by atoms with Gasteiger partial charge in [0.05, 0.1) is 16.6 Å². The third kappa shape index (κ3) is 4.26. The molecule has 1 aliphatic rings. The van der Waals surface area contributed by atoms with Crippen LogP contribution in [0.3, 0.4) is 0 Å². The van der Waals surface area contributed by atoms with Crippen LogP contribution in [0.5, 0.6) is 5.88 Å². The standard InChI is InChI=1S/C22H22ClN5O2/c1-14-11-17(20(27-12-14)21-24-8-4-9-25-21)22(29)28-10-3-5-18(15(28)2)30-19-7-6-16(23)13-26-19/h4,6-9,11-13,15,18H,3,5,10H2,1-2H3. The van der Waals surface area contributed by atoms with Crippen LogP contribution in [-0.2, 0) is 0 Å². The molecular formula is C22H22ClN5O2. The normalized spacial score (nSPS) is 18.8. The number of ether oxygens (including phenoxy) is 1. The molecule has 0 aliphatic carbocycles. The van der Waals surface area contributed by atoms with E-state index in [9.17, 15) is 4.79 Å². The number of nitrogens with zero attached hydrogens (tertiary/aromatic N) is 5. The highest BCUT2D eigenvalue weighted by Crippen LogP contribution is 2.27. The Bertz CT molecular complexity index is 1030. The average Bonchev–Trinajstić information content (AvgIpc) is 2.77. The van der Waals surface area contributed by atoms with E-state index in [0.29, 0.717) is 34.5 Å². The average molecular weight is 424 g/mol. The van der Waals surface area contributed by atoms with Crippen LogP contribution in [0.1, 0.15) is 35.7 Å². The first-order chi connectivity index (χ1) is 14.5. The van der Waals surface area contributed by atoms with E-state index in [1.807, 2.05) is 24.8 Å². The molecule has 2 atom stereocenters. The number of carbonyl (C=O) groups excluding carboxylic acids is 1. The van der Waals surface area contributed by atoms with Gasteiger partial charge >= 0.3 is 0 Å². The molecule has 3 aromatic rings. The summed E-state index contributed by atoms with van der Waals surface area (Å²) in [6.45, 7) is 4.56. The number of rotatable bonds is 4. The summed E-state index contributed by atoms with van der Waals surface area (Å²) in [7, 11) is 0. The van der Waals surface area contributed by atoms with Crippen molar-refractivity contribution in [3.8, 4) is 17.4 Å². The van der Waals surface area contributed by atoms with Gasteiger partial charge in [-0.25, -0.2) is 15.0 Å². The maximum absolute atomic E-state index is 13.5. The summed E-state index contributed by atoms with van der Waals surface area (Å²) in [6.07, 6.45) is 8.08. The molecule has 30 heavy (non-hydrogen) atoms. The molecular weight excluding hydrogens is 402 g/mol. The second kappa shape index (κ2) is 8.75. The maximum atomic E-state index is 13.5. The molecule has 0 saturated carbocycles. The minimum atomic E-state index is -0.162. The van der Waals surface area contributed by atoms with Gasteiger partial charge in [-0.15, -0.1) is 0 Å². The highest BCUT2D eigenvalue weighted by Gasteiger charge is 2.34. The Hall–Kier alpha value is -3.06. The molecule has 7 nitrogen and oxygen atoms in total. The van der Waals surface area contributed by atoms with Gasteiger partial charge in [0, 0.05) is 37.4 Å². The first-order valence-electron chi connectivity index (χ1n) is 9.86. The number of amides is 1. The smallest absolute Gasteiger partial charge is 0.256 e. The number of aryl methyl sites for hydroxylation is 1. The van der Waals surface area contributed by atoms with Crippen LogP contribution < -0.4 is 4.74 Å². The first-order valence-corrected chi connectivity index (χ1v) is 10.2. The summed E-state index contributed by atoms with van der Waals surface area (Å²) in [5.41, 5.74) is 1.89. The molecule has 154 valence electrons. The molecule has 1 saturated heterocycles. The fraction of sp³-hybridized carbons (Fsp3) is 0.318. The zero-order valence-electron chi connectivity index (χ0n) is 16.8. The molecule has 0 aromatic carbocycles. The van der Waals surface area contributed by atoms with Crippen LogP contribution in [0.2, 0.25) is 5.02 Å². The Morgan fingerprint density at radius 3 is 2.70 bits per heavy atom. The number of pyridine rings is 2. The molecule has 0 N–H and O–H groups in total. The molecule has 3 aromatic heterocycles. The third-order valence-electron chi connectivity index (χ3n) is 5.18. The van der Waals surface area contributed by atoms with Gasteiger partial charge in [0.25, 0.3) is 5.91 Å². The summed E-state index contributed by atoms with van der Waals surface area (Å²) in [6, 6.07) is 6.93. The van der Waals surface area contributed by atoms with Gasteiger partial charge in [-0.3, -0.25) is 9.78 Å². The van der Waals surface area contributed by atoms with Crippen molar-refractivity contribution in [2.75, 3.05) is 6.54 Å². The topological polar surface area (TPSA) is 81.1 Å². The molecule has 1 amide bonds. The Kier molecular flexibility index (Phi) is 5.90. The Labute approximate surface area is 180 Å². The van der Waals surface area contributed by atoms with Gasteiger partial charge in [0.2, 0.25) is 5.88 Å². The molecule has 4 rings (SSSR count). The lowest BCUT2D eigenvalue weighted by atomic mass is 9.98. The highest BCUT2D eigenvalue weighted by molar-refractivity contribution is 6.30. The van der Waals surface area contributed by atoms with Gasteiger partial charge in [-0.05, 0) is 50.5 Å². The third-order valence-corrected chi connectivity index (χ3v) is 5.41. The SMILES string of the molecule is Cc1cnc(-c2ncccn2)c(C(=O)N2CCCC(Oc3ccc(Cl)cn3)C2C)c1. The van der Waals surface area contributed by atoms with E-state index in [4.69, 9.17) is 16.3 Å². The van der Waals surface area contributed by atoms with Crippen molar-refractivity contribution in [2.45, 2.75) is 38.8 Å².